The Hall–Kier alpha value is -2.94. The lowest BCUT2D eigenvalue weighted by molar-refractivity contribution is 0.442. The molecule has 0 radical (unpaired) electrons. The highest BCUT2D eigenvalue weighted by molar-refractivity contribution is 5.72. The van der Waals surface area contributed by atoms with Crippen molar-refractivity contribution in [3.8, 4) is 17.7 Å². The number of ether oxygens (including phenoxy) is 1. The lowest BCUT2D eigenvalue weighted by atomic mass is 9.98. The molecule has 0 aliphatic carbocycles. The van der Waals surface area contributed by atoms with Crippen molar-refractivity contribution >= 4 is 17.2 Å². The molecule has 0 atom stereocenters. The predicted molar refractivity (Wildman–Crippen MR) is 81.4 cm³/mol. The van der Waals surface area contributed by atoms with Gasteiger partial charge in [0.1, 0.15) is 23.2 Å². The molecule has 0 amide bonds. The number of hydrogen-bond acceptors (Lipinski definition) is 6. The van der Waals surface area contributed by atoms with Gasteiger partial charge in [-0.1, -0.05) is 0 Å². The molecule has 2 aromatic rings. The first-order chi connectivity index (χ1) is 10.0. The summed E-state index contributed by atoms with van der Waals surface area (Å²) >= 11 is 0. The smallest absolute Gasteiger partial charge is 0.226 e. The molecule has 1 aromatic carbocycles. The first-order valence-electron chi connectivity index (χ1n) is 6.47. The van der Waals surface area contributed by atoms with Gasteiger partial charge in [-0.05, 0) is 18.2 Å². The van der Waals surface area contributed by atoms with Crippen LogP contribution in [0, 0.1) is 11.3 Å². The Morgan fingerprint density at radius 2 is 2.10 bits per heavy atom. The van der Waals surface area contributed by atoms with E-state index in [1.54, 1.807) is 0 Å². The molecule has 1 aliphatic heterocycles. The quantitative estimate of drug-likeness (QED) is 0.706. The van der Waals surface area contributed by atoms with E-state index in [1.807, 2.05) is 43.3 Å². The van der Waals surface area contributed by atoms with Gasteiger partial charge in [0.15, 0.2) is 0 Å². The molecular weight excluding hydrogens is 266 g/mol. The van der Waals surface area contributed by atoms with Crippen molar-refractivity contribution in [1.82, 2.24) is 4.98 Å². The number of nitrogens with two attached hydrogens (primary N) is 2. The van der Waals surface area contributed by atoms with Crippen LogP contribution in [0.5, 0.6) is 11.6 Å². The summed E-state index contributed by atoms with van der Waals surface area (Å²) in [6.45, 7) is 0. The third-order valence-electron chi connectivity index (χ3n) is 3.58. The Balaban J connectivity index is 2.12. The van der Waals surface area contributed by atoms with E-state index in [1.165, 1.54) is 0 Å². The lowest BCUT2D eigenvalue weighted by Crippen LogP contribution is -2.13. The van der Waals surface area contributed by atoms with Crippen LogP contribution in [0.15, 0.2) is 18.2 Å². The van der Waals surface area contributed by atoms with Crippen LogP contribution in [0.1, 0.15) is 16.7 Å². The summed E-state index contributed by atoms with van der Waals surface area (Å²) in [7, 11) is 3.95. The minimum Gasteiger partial charge on any atom is -0.438 e. The highest BCUT2D eigenvalue weighted by atomic mass is 16.5. The third kappa shape index (κ3) is 1.99. The van der Waals surface area contributed by atoms with E-state index >= 15 is 0 Å². The molecule has 0 fully saturated rings. The van der Waals surface area contributed by atoms with Gasteiger partial charge in [-0.15, -0.1) is 0 Å². The summed E-state index contributed by atoms with van der Waals surface area (Å²) < 4.78 is 5.77. The maximum absolute atomic E-state index is 9.12. The molecule has 0 unspecified atom stereocenters. The fraction of sp³-hybridized carbons (Fsp3) is 0.200. The van der Waals surface area contributed by atoms with Gasteiger partial charge in [0.25, 0.3) is 0 Å². The predicted octanol–water partition coefficient (Wildman–Crippen LogP) is 1.88. The molecule has 0 saturated heterocycles. The molecule has 0 bridgehead atoms. The molecular formula is C15H15N5O. The molecule has 3 rings (SSSR count). The fourth-order valence-electron chi connectivity index (χ4n) is 2.39. The molecule has 6 nitrogen and oxygen atoms in total. The van der Waals surface area contributed by atoms with E-state index in [9.17, 15) is 0 Å². The van der Waals surface area contributed by atoms with E-state index in [0.717, 1.165) is 17.0 Å². The number of rotatable bonds is 1. The second kappa shape index (κ2) is 4.56. The van der Waals surface area contributed by atoms with Crippen LogP contribution in [0.4, 0.5) is 17.2 Å². The second-order valence-electron chi connectivity index (χ2n) is 5.15. The minimum atomic E-state index is 0.0992. The largest absolute Gasteiger partial charge is 0.438 e. The molecule has 1 aliphatic rings. The van der Waals surface area contributed by atoms with Gasteiger partial charge >= 0.3 is 0 Å². The first kappa shape index (κ1) is 13.1. The van der Waals surface area contributed by atoms with Crippen LogP contribution in [-0.4, -0.2) is 19.1 Å². The van der Waals surface area contributed by atoms with Gasteiger partial charge < -0.3 is 21.1 Å². The number of nitrogens with zero attached hydrogens (tertiary/aromatic N) is 3. The maximum atomic E-state index is 9.12. The number of benzene rings is 1. The van der Waals surface area contributed by atoms with E-state index in [-0.39, 0.29) is 11.4 Å². The second-order valence-corrected chi connectivity index (χ2v) is 5.15. The summed E-state index contributed by atoms with van der Waals surface area (Å²) in [5.74, 6) is 1.22. The normalized spacial score (nSPS) is 11.9. The average molecular weight is 281 g/mol. The molecule has 106 valence electrons. The Labute approximate surface area is 122 Å². The first-order valence-corrected chi connectivity index (χ1v) is 6.47. The van der Waals surface area contributed by atoms with E-state index in [4.69, 9.17) is 21.5 Å². The third-order valence-corrected chi connectivity index (χ3v) is 3.58. The number of hydrogen-bond donors (Lipinski definition) is 2. The number of anilines is 3. The summed E-state index contributed by atoms with van der Waals surface area (Å²) in [5.41, 5.74) is 15.1. The summed E-state index contributed by atoms with van der Waals surface area (Å²) in [6.07, 6.45) is 0.570. The van der Waals surface area contributed by atoms with Crippen LogP contribution >= 0.6 is 0 Å². The number of nitriles is 1. The van der Waals surface area contributed by atoms with Crippen LogP contribution in [0.2, 0.25) is 0 Å². The standard InChI is InChI=1S/C15H15N5O/c1-20(2)9-3-4-12-8(5-9)6-10-13(17)11(7-16)14(18)19-15(10)21-12/h3-5H,6H2,1-2H3,(H4,17,18,19). The van der Waals surface area contributed by atoms with E-state index in [0.29, 0.717) is 23.6 Å². The van der Waals surface area contributed by atoms with Crippen molar-refractivity contribution in [2.75, 3.05) is 30.5 Å². The topological polar surface area (TPSA) is 101 Å². The highest BCUT2D eigenvalue weighted by Crippen LogP contribution is 2.41. The zero-order valence-corrected chi connectivity index (χ0v) is 11.8. The van der Waals surface area contributed by atoms with Gasteiger partial charge in [0.05, 0.1) is 5.69 Å². The van der Waals surface area contributed by atoms with Crippen LogP contribution in [0.3, 0.4) is 0 Å². The number of pyridine rings is 1. The van der Waals surface area contributed by atoms with Crippen molar-refractivity contribution in [2.45, 2.75) is 6.42 Å². The Morgan fingerprint density at radius 1 is 1.33 bits per heavy atom. The molecule has 4 N–H and O–H groups in total. The van der Waals surface area contributed by atoms with E-state index in [2.05, 4.69) is 4.98 Å². The van der Waals surface area contributed by atoms with Crippen LogP contribution in [0.25, 0.3) is 0 Å². The Bertz CT molecular complexity index is 777. The average Bonchev–Trinajstić information content (AvgIpc) is 2.45. The zero-order valence-electron chi connectivity index (χ0n) is 11.8. The maximum Gasteiger partial charge on any atom is 0.226 e. The van der Waals surface area contributed by atoms with Gasteiger partial charge in [0, 0.05) is 37.3 Å². The summed E-state index contributed by atoms with van der Waals surface area (Å²) in [6, 6.07) is 7.91. The minimum absolute atomic E-state index is 0.0992. The van der Waals surface area contributed by atoms with Gasteiger partial charge in [-0.3, -0.25) is 0 Å². The molecule has 0 saturated carbocycles. The monoisotopic (exact) mass is 281 g/mol. The summed E-state index contributed by atoms with van der Waals surface area (Å²) in [5, 5.41) is 9.12. The molecule has 21 heavy (non-hydrogen) atoms. The Morgan fingerprint density at radius 3 is 2.76 bits per heavy atom. The molecule has 1 aromatic heterocycles. The van der Waals surface area contributed by atoms with E-state index < -0.39 is 0 Å². The number of nitrogen functional groups attached to an aromatic ring is 2. The van der Waals surface area contributed by atoms with Crippen molar-refractivity contribution in [3.05, 3.63) is 34.9 Å². The zero-order chi connectivity index (χ0) is 15.1. The van der Waals surface area contributed by atoms with Crippen molar-refractivity contribution in [2.24, 2.45) is 0 Å². The number of aromatic nitrogens is 1. The van der Waals surface area contributed by atoms with Gasteiger partial charge in [-0.2, -0.15) is 10.2 Å². The van der Waals surface area contributed by atoms with Crippen molar-refractivity contribution in [1.29, 1.82) is 5.26 Å². The number of fused-ring (bicyclic) bond motifs is 2. The highest BCUT2D eigenvalue weighted by Gasteiger charge is 2.24. The van der Waals surface area contributed by atoms with Crippen LogP contribution < -0.4 is 21.1 Å². The summed E-state index contributed by atoms with van der Waals surface area (Å²) in [4.78, 5) is 6.16. The van der Waals surface area contributed by atoms with Crippen LogP contribution in [-0.2, 0) is 6.42 Å². The van der Waals surface area contributed by atoms with Crippen molar-refractivity contribution < 1.29 is 4.74 Å². The molecule has 2 heterocycles. The van der Waals surface area contributed by atoms with Gasteiger partial charge in [-0.25, -0.2) is 0 Å². The van der Waals surface area contributed by atoms with Gasteiger partial charge in [0.2, 0.25) is 5.88 Å². The lowest BCUT2D eigenvalue weighted by Gasteiger charge is -2.23. The molecule has 6 heteroatoms. The SMILES string of the molecule is CN(C)c1ccc2c(c1)Cc1c(nc(N)c(C#N)c1N)O2. The Kier molecular flexibility index (Phi) is 2.84. The van der Waals surface area contributed by atoms with Crippen molar-refractivity contribution in [3.63, 3.8) is 0 Å². The molecule has 0 spiro atoms. The fourth-order valence-corrected chi connectivity index (χ4v) is 2.39.